The topological polar surface area (TPSA) is 258 Å². The van der Waals surface area contributed by atoms with Crippen LogP contribution in [0.3, 0.4) is 0 Å². The van der Waals surface area contributed by atoms with Crippen LogP contribution < -0.4 is 33.6 Å². The van der Waals surface area contributed by atoms with Crippen LogP contribution in [-0.2, 0) is 25.6 Å². The van der Waals surface area contributed by atoms with E-state index in [0.29, 0.717) is 12.1 Å². The highest BCUT2D eigenvalue weighted by atomic mass is 16.4. The summed E-state index contributed by atoms with van der Waals surface area (Å²) < 4.78 is 0. The third-order valence-corrected chi connectivity index (χ3v) is 3.94. The summed E-state index contributed by atoms with van der Waals surface area (Å²) in [7, 11) is 0. The van der Waals surface area contributed by atoms with Gasteiger partial charge in [-0.1, -0.05) is 0 Å². The number of aromatic nitrogens is 2. The Morgan fingerprint density at radius 1 is 1.13 bits per heavy atom. The number of carbonyl (C=O) groups is 4. The predicted molar refractivity (Wildman–Crippen MR) is 105 cm³/mol. The molecule has 0 aliphatic rings. The molecule has 0 spiro atoms. The molecule has 0 radical (unpaired) electrons. The van der Waals surface area contributed by atoms with Gasteiger partial charge in [-0.25, -0.2) is 9.78 Å². The number of guanidine groups is 1. The molecule has 12 N–H and O–H groups in total. The molecule has 3 atom stereocenters. The maximum atomic E-state index is 12.5. The van der Waals surface area contributed by atoms with Gasteiger partial charge in [-0.05, 0) is 12.8 Å². The number of nitrogens with zero attached hydrogens (tertiary/aromatic N) is 2. The number of nitrogens with two attached hydrogens (primary N) is 4. The van der Waals surface area contributed by atoms with Crippen molar-refractivity contribution in [2.24, 2.45) is 27.9 Å². The van der Waals surface area contributed by atoms with Gasteiger partial charge < -0.3 is 43.7 Å². The highest BCUT2D eigenvalue weighted by Gasteiger charge is 2.29. The summed E-state index contributed by atoms with van der Waals surface area (Å²) in [5.74, 6) is -3.85. The Kier molecular flexibility index (Phi) is 9.75. The van der Waals surface area contributed by atoms with E-state index in [9.17, 15) is 24.3 Å². The molecule has 1 rings (SSSR count). The molecular formula is C16H27N9O5. The average Bonchev–Trinajstić information content (AvgIpc) is 3.16. The lowest BCUT2D eigenvalue weighted by molar-refractivity contribution is -0.142. The van der Waals surface area contributed by atoms with Crippen LogP contribution in [0.25, 0.3) is 0 Å². The van der Waals surface area contributed by atoms with Gasteiger partial charge in [-0.2, -0.15) is 0 Å². The van der Waals surface area contributed by atoms with Crippen molar-refractivity contribution in [2.45, 2.75) is 43.8 Å². The number of carboxylic acid groups (broad SMARTS) is 1. The lowest BCUT2D eigenvalue weighted by atomic mass is 10.1. The fourth-order valence-corrected chi connectivity index (χ4v) is 2.43. The zero-order chi connectivity index (χ0) is 22.7. The maximum Gasteiger partial charge on any atom is 0.326 e. The van der Waals surface area contributed by atoms with E-state index in [4.69, 9.17) is 22.9 Å². The molecule has 14 nitrogen and oxygen atoms in total. The smallest absolute Gasteiger partial charge is 0.326 e. The van der Waals surface area contributed by atoms with Gasteiger partial charge in [0.2, 0.25) is 17.7 Å². The predicted octanol–water partition coefficient (Wildman–Crippen LogP) is -3.74. The van der Waals surface area contributed by atoms with Gasteiger partial charge in [-0.3, -0.25) is 19.4 Å². The van der Waals surface area contributed by atoms with Crippen molar-refractivity contribution < 1.29 is 24.3 Å². The van der Waals surface area contributed by atoms with Gasteiger partial charge in [0, 0.05) is 24.9 Å². The number of nitrogens with one attached hydrogen (secondary N) is 3. The molecule has 1 heterocycles. The fourth-order valence-electron chi connectivity index (χ4n) is 2.43. The Hall–Kier alpha value is -3.68. The highest BCUT2D eigenvalue weighted by Crippen LogP contribution is 2.02. The highest BCUT2D eigenvalue weighted by molar-refractivity contribution is 5.94. The zero-order valence-electron chi connectivity index (χ0n) is 16.2. The van der Waals surface area contributed by atoms with Crippen LogP contribution >= 0.6 is 0 Å². The van der Waals surface area contributed by atoms with Crippen LogP contribution in [0, 0.1) is 0 Å². The van der Waals surface area contributed by atoms with Gasteiger partial charge in [0.15, 0.2) is 5.96 Å². The first-order chi connectivity index (χ1) is 14.1. The molecule has 3 amide bonds. The van der Waals surface area contributed by atoms with Crippen molar-refractivity contribution >= 4 is 29.7 Å². The third kappa shape index (κ3) is 9.01. The lowest BCUT2D eigenvalue weighted by Gasteiger charge is -2.22. The molecule has 30 heavy (non-hydrogen) atoms. The van der Waals surface area contributed by atoms with E-state index in [1.165, 1.54) is 12.5 Å². The van der Waals surface area contributed by atoms with Gasteiger partial charge in [-0.15, -0.1) is 0 Å². The summed E-state index contributed by atoms with van der Waals surface area (Å²) in [5, 5.41) is 13.9. The van der Waals surface area contributed by atoms with Crippen LogP contribution in [0.2, 0.25) is 0 Å². The van der Waals surface area contributed by atoms with E-state index in [0.717, 1.165) is 0 Å². The van der Waals surface area contributed by atoms with Crippen molar-refractivity contribution in [2.75, 3.05) is 6.54 Å². The van der Waals surface area contributed by atoms with Gasteiger partial charge in [0.1, 0.15) is 12.1 Å². The van der Waals surface area contributed by atoms with E-state index in [1.807, 2.05) is 0 Å². The minimum Gasteiger partial charge on any atom is -0.480 e. The van der Waals surface area contributed by atoms with Gasteiger partial charge >= 0.3 is 5.97 Å². The molecule has 14 heteroatoms. The molecule has 0 aliphatic carbocycles. The second kappa shape index (κ2) is 12.0. The van der Waals surface area contributed by atoms with Crippen molar-refractivity contribution in [3.05, 3.63) is 18.2 Å². The standard InChI is InChI=1S/C16H27N9O5/c17-9(2-1-3-22-16(19)20)13(27)24-10(5-12(18)26)14(28)25-11(15(29)30)4-8-6-21-7-23-8/h6-7,9-11H,1-5,17H2,(H2,18,26)(H,21,23)(H,24,27)(H,25,28)(H,29,30)(H4,19,20,22). The van der Waals surface area contributed by atoms with E-state index >= 15 is 0 Å². The van der Waals surface area contributed by atoms with Crippen LogP contribution in [0.5, 0.6) is 0 Å². The largest absolute Gasteiger partial charge is 0.480 e. The maximum absolute atomic E-state index is 12.5. The van der Waals surface area contributed by atoms with Crippen LogP contribution in [0.15, 0.2) is 17.5 Å². The molecule has 0 aliphatic heterocycles. The number of primary amides is 1. The molecule has 0 fully saturated rings. The summed E-state index contributed by atoms with van der Waals surface area (Å²) in [6.07, 6.45) is 2.78. The molecule has 1 aromatic rings. The summed E-state index contributed by atoms with van der Waals surface area (Å²) in [5.41, 5.74) is 21.8. The van der Waals surface area contributed by atoms with E-state index in [2.05, 4.69) is 25.6 Å². The third-order valence-electron chi connectivity index (χ3n) is 3.94. The monoisotopic (exact) mass is 425 g/mol. The Balaban J connectivity index is 2.72. The van der Waals surface area contributed by atoms with Crippen LogP contribution in [-0.4, -0.2) is 69.4 Å². The number of aromatic amines is 1. The zero-order valence-corrected chi connectivity index (χ0v) is 16.2. The number of rotatable bonds is 13. The molecule has 0 bridgehead atoms. The van der Waals surface area contributed by atoms with Crippen molar-refractivity contribution in [3.63, 3.8) is 0 Å². The normalized spacial score (nSPS) is 13.5. The summed E-state index contributed by atoms with van der Waals surface area (Å²) in [6.45, 7) is 0.266. The molecule has 3 unspecified atom stereocenters. The molecule has 166 valence electrons. The summed E-state index contributed by atoms with van der Waals surface area (Å²) in [4.78, 5) is 57.8. The quantitative estimate of drug-likeness (QED) is 0.0875. The van der Waals surface area contributed by atoms with Gasteiger partial charge in [0.25, 0.3) is 0 Å². The average molecular weight is 425 g/mol. The second-order valence-electron chi connectivity index (χ2n) is 6.47. The van der Waals surface area contributed by atoms with Crippen molar-refractivity contribution in [1.29, 1.82) is 0 Å². The second-order valence-corrected chi connectivity index (χ2v) is 6.47. The number of carbonyl (C=O) groups excluding carboxylic acids is 3. The van der Waals surface area contributed by atoms with Crippen LogP contribution in [0.1, 0.15) is 25.0 Å². The number of hydrogen-bond donors (Lipinski definition) is 8. The minimum absolute atomic E-state index is 0.0807. The lowest BCUT2D eigenvalue weighted by Crippen LogP contribution is -2.55. The number of H-pyrrole nitrogens is 1. The van der Waals surface area contributed by atoms with Crippen molar-refractivity contribution in [1.82, 2.24) is 20.6 Å². The Morgan fingerprint density at radius 3 is 2.33 bits per heavy atom. The molecule has 0 saturated carbocycles. The van der Waals surface area contributed by atoms with Crippen LogP contribution in [0.4, 0.5) is 0 Å². The minimum atomic E-state index is -1.39. The Morgan fingerprint density at radius 2 is 1.80 bits per heavy atom. The summed E-state index contributed by atoms with van der Waals surface area (Å²) >= 11 is 0. The first-order valence-electron chi connectivity index (χ1n) is 9.00. The number of amides is 3. The van der Waals surface area contributed by atoms with E-state index < -0.39 is 48.2 Å². The van der Waals surface area contributed by atoms with E-state index in [-0.39, 0.29) is 25.3 Å². The molecule has 0 aromatic carbocycles. The number of imidazole rings is 1. The molecular weight excluding hydrogens is 398 g/mol. The Bertz CT molecular complexity index is 761. The first-order valence-corrected chi connectivity index (χ1v) is 9.00. The molecule has 1 aromatic heterocycles. The molecule has 0 saturated heterocycles. The Labute approximate surface area is 171 Å². The summed E-state index contributed by atoms with van der Waals surface area (Å²) in [6, 6.07) is -3.71. The first kappa shape index (κ1) is 24.4. The number of aliphatic carboxylic acids is 1. The van der Waals surface area contributed by atoms with E-state index in [1.54, 1.807) is 0 Å². The SMILES string of the molecule is NC(=O)CC(NC(=O)C(N)CCCN=C(N)N)C(=O)NC(Cc1cnc[nH]1)C(=O)O. The number of hydrogen-bond acceptors (Lipinski definition) is 7. The number of carboxylic acids is 1. The van der Waals surface area contributed by atoms with Gasteiger partial charge in [0.05, 0.1) is 18.8 Å². The number of aliphatic imine (C=N–C) groups is 1. The van der Waals surface area contributed by atoms with Crippen molar-refractivity contribution in [3.8, 4) is 0 Å². The fraction of sp³-hybridized carbons (Fsp3) is 0.500.